The van der Waals surface area contributed by atoms with E-state index in [1.807, 2.05) is 79.0 Å². The van der Waals surface area contributed by atoms with E-state index in [4.69, 9.17) is 44.9 Å². The summed E-state index contributed by atoms with van der Waals surface area (Å²) < 4.78 is 0. The Morgan fingerprint density at radius 2 is 0.673 bits per heavy atom. The summed E-state index contributed by atoms with van der Waals surface area (Å²) in [5.74, 6) is 2.65. The number of rotatable bonds is 11. The van der Waals surface area contributed by atoms with Crippen LogP contribution in [0.3, 0.4) is 0 Å². The molecule has 0 unspecified atom stereocenters. The topological polar surface area (TPSA) is 116 Å². The monoisotopic (exact) mass is 1400 g/mol. The molecule has 0 aliphatic heterocycles. The molecule has 0 N–H and O–H groups in total. The van der Waals surface area contributed by atoms with Gasteiger partial charge in [0, 0.05) is 61.3 Å². The molecule has 0 fully saturated rings. The lowest BCUT2D eigenvalue weighted by Crippen LogP contribution is -2.28. The third-order valence-electron chi connectivity index (χ3n) is 22.7. The normalized spacial score (nSPS) is 13.1. The Bertz CT molecular complexity index is 6880. The standard InChI is InChI=1S/C101H61N9/c1-4-24-62(25-5-1)92-79-39-14-19-46-87(79)104-95(107-92)65-49-51-66(52-50-65)96-108-97(110-99(109-96)88-56-54-64-48-47-63-30-23-57-102-93(63)94(64)103-88)71-29-21-27-68(59-71)67-26-20-28-69(58-67)89-61-90(70-53-55-77-76-37-12-17-43-83(76)101(86(77)60-70)81-41-15-10-35-74(81)75-36-11-16-42-82(75)101)106-98(105-89)80-40-22-45-85-91(80)78-38-13-18-44-84(78)100(85,72-31-6-2-7-32-72)73-33-8-3-9-34-73/h1-61H. The summed E-state index contributed by atoms with van der Waals surface area (Å²) in [7, 11) is 0. The van der Waals surface area contributed by atoms with Gasteiger partial charge in [-0.05, 0) is 131 Å². The second-order valence-electron chi connectivity index (χ2n) is 28.6. The number of nitrogens with zero attached hydrogens (tertiary/aromatic N) is 9. The maximum Gasteiger partial charge on any atom is 0.182 e. The molecule has 0 radical (unpaired) electrons. The van der Waals surface area contributed by atoms with E-state index < -0.39 is 10.8 Å². The molecule has 1 spiro atoms. The zero-order valence-corrected chi connectivity index (χ0v) is 59.2. The van der Waals surface area contributed by atoms with Gasteiger partial charge in [0.1, 0.15) is 5.69 Å². The molecule has 19 aromatic rings. The molecule has 22 rings (SSSR count). The Kier molecular flexibility index (Phi) is 14.2. The smallest absolute Gasteiger partial charge is 0.182 e. The summed E-state index contributed by atoms with van der Waals surface area (Å²) in [5.41, 5.74) is 29.7. The molecule has 5 aromatic heterocycles. The molecule has 110 heavy (non-hydrogen) atoms. The molecule has 0 saturated heterocycles. The highest BCUT2D eigenvalue weighted by atomic mass is 15.0. The highest BCUT2D eigenvalue weighted by Gasteiger charge is 2.52. The highest BCUT2D eigenvalue weighted by Crippen LogP contribution is 2.64. The van der Waals surface area contributed by atoms with Crippen LogP contribution in [0.4, 0.5) is 0 Å². The molecule has 0 amide bonds. The Morgan fingerprint density at radius 3 is 1.34 bits per heavy atom. The summed E-state index contributed by atoms with van der Waals surface area (Å²) in [6, 6.07) is 130. The van der Waals surface area contributed by atoms with Gasteiger partial charge in [0.25, 0.3) is 0 Å². The van der Waals surface area contributed by atoms with Crippen LogP contribution >= 0.6 is 0 Å². The van der Waals surface area contributed by atoms with Gasteiger partial charge >= 0.3 is 0 Å². The SMILES string of the molecule is c1ccc(-c2nc(-c3ccc(-c4nc(-c5cccc(-c6cccc(-c7cc(-c8ccc9c(c8)C8(c%10ccccc%10-c%10ccccc%108)c8ccccc8-9)nc(-c8cccc9c8-c8ccccc8C9(c8ccccc8)c8ccccc8)n7)c6)c5)nc(-c5ccc6ccc7cccnc7c6n5)n4)cc3)nc3ccccc23)cc1. The minimum absolute atomic E-state index is 0.427. The van der Waals surface area contributed by atoms with Gasteiger partial charge in [-0.3, -0.25) is 4.98 Å². The second-order valence-corrected chi connectivity index (χ2v) is 28.6. The predicted octanol–water partition coefficient (Wildman–Crippen LogP) is 23.4. The van der Waals surface area contributed by atoms with Gasteiger partial charge in [-0.1, -0.05) is 322 Å². The van der Waals surface area contributed by atoms with E-state index in [0.29, 0.717) is 34.8 Å². The Balaban J connectivity index is 0.701. The van der Waals surface area contributed by atoms with Crippen molar-refractivity contribution in [3.8, 4) is 135 Å². The van der Waals surface area contributed by atoms with Crippen LogP contribution in [0.25, 0.3) is 168 Å². The van der Waals surface area contributed by atoms with Crippen molar-refractivity contribution in [2.45, 2.75) is 10.8 Å². The van der Waals surface area contributed by atoms with Crippen molar-refractivity contribution in [1.29, 1.82) is 0 Å². The molecule has 9 heteroatoms. The van der Waals surface area contributed by atoms with Crippen LogP contribution in [0.1, 0.15) is 44.5 Å². The van der Waals surface area contributed by atoms with Gasteiger partial charge in [0.15, 0.2) is 29.1 Å². The van der Waals surface area contributed by atoms with Crippen LogP contribution in [0.2, 0.25) is 0 Å². The third kappa shape index (κ3) is 9.70. The molecule has 510 valence electrons. The van der Waals surface area contributed by atoms with Crippen molar-refractivity contribution in [1.82, 2.24) is 44.9 Å². The minimum atomic E-state index is -0.635. The summed E-state index contributed by atoms with van der Waals surface area (Å²) in [6.45, 7) is 0. The summed E-state index contributed by atoms with van der Waals surface area (Å²) in [5, 5.41) is 2.95. The fourth-order valence-electron chi connectivity index (χ4n) is 17.9. The quantitative estimate of drug-likeness (QED) is 0.117. The summed E-state index contributed by atoms with van der Waals surface area (Å²) >= 11 is 0. The van der Waals surface area contributed by atoms with Crippen molar-refractivity contribution in [2.75, 3.05) is 0 Å². The molecule has 3 aliphatic carbocycles. The van der Waals surface area contributed by atoms with Crippen LogP contribution in [-0.2, 0) is 10.8 Å². The van der Waals surface area contributed by atoms with E-state index in [2.05, 4.69) is 291 Å². The van der Waals surface area contributed by atoms with E-state index in [9.17, 15) is 0 Å². The molecule has 5 heterocycles. The number of hydrogen-bond donors (Lipinski definition) is 0. The first kappa shape index (κ1) is 62.7. The van der Waals surface area contributed by atoms with Crippen LogP contribution in [0.15, 0.2) is 370 Å². The molecular formula is C101H61N9. The number of fused-ring (bicyclic) bond motifs is 17. The lowest BCUT2D eigenvalue weighted by atomic mass is 9.67. The number of pyridine rings is 2. The van der Waals surface area contributed by atoms with E-state index in [1.165, 1.54) is 66.8 Å². The maximum atomic E-state index is 5.83. The molecule has 0 bridgehead atoms. The minimum Gasteiger partial charge on any atom is -0.254 e. The number of para-hydroxylation sites is 1. The van der Waals surface area contributed by atoms with Gasteiger partial charge in [-0.25, -0.2) is 39.9 Å². The number of aromatic nitrogens is 9. The first-order valence-electron chi connectivity index (χ1n) is 37.2. The summed E-state index contributed by atoms with van der Waals surface area (Å²) in [4.78, 5) is 47.9. The van der Waals surface area contributed by atoms with E-state index in [1.54, 1.807) is 0 Å². The fraction of sp³-hybridized carbons (Fsp3) is 0.0198. The fourth-order valence-corrected chi connectivity index (χ4v) is 17.9. The van der Waals surface area contributed by atoms with E-state index in [0.717, 1.165) is 111 Å². The van der Waals surface area contributed by atoms with Crippen LogP contribution in [0, 0.1) is 0 Å². The molecule has 0 atom stereocenters. The Labute approximate surface area is 634 Å². The summed E-state index contributed by atoms with van der Waals surface area (Å²) in [6.07, 6.45) is 1.81. The molecule has 14 aromatic carbocycles. The molecular weight excluding hydrogens is 1340 g/mol. The maximum absolute atomic E-state index is 5.83. The molecule has 9 nitrogen and oxygen atoms in total. The molecule has 0 saturated carbocycles. The zero-order chi connectivity index (χ0) is 72.4. The van der Waals surface area contributed by atoms with Gasteiger partial charge < -0.3 is 0 Å². The van der Waals surface area contributed by atoms with Crippen molar-refractivity contribution >= 4 is 32.7 Å². The average molecular weight is 1400 g/mol. The number of hydrogen-bond acceptors (Lipinski definition) is 9. The highest BCUT2D eigenvalue weighted by molar-refractivity contribution is 6.04. The third-order valence-corrected chi connectivity index (χ3v) is 22.7. The van der Waals surface area contributed by atoms with Crippen LogP contribution in [0.5, 0.6) is 0 Å². The van der Waals surface area contributed by atoms with Gasteiger partial charge in [0.2, 0.25) is 0 Å². The lowest BCUT2D eigenvalue weighted by molar-refractivity contribution is 0.768. The predicted molar refractivity (Wildman–Crippen MR) is 442 cm³/mol. The van der Waals surface area contributed by atoms with Crippen molar-refractivity contribution in [3.63, 3.8) is 0 Å². The van der Waals surface area contributed by atoms with Gasteiger partial charge in [0.05, 0.1) is 44.5 Å². The molecule has 3 aliphatic rings. The second kappa shape index (κ2) is 25.0. The van der Waals surface area contributed by atoms with Crippen LogP contribution < -0.4 is 0 Å². The van der Waals surface area contributed by atoms with E-state index >= 15 is 0 Å². The first-order valence-corrected chi connectivity index (χ1v) is 37.2. The first-order chi connectivity index (χ1) is 54.5. The van der Waals surface area contributed by atoms with Crippen molar-refractivity contribution < 1.29 is 0 Å². The van der Waals surface area contributed by atoms with Gasteiger partial charge in [-0.15, -0.1) is 0 Å². The van der Waals surface area contributed by atoms with Gasteiger partial charge in [-0.2, -0.15) is 0 Å². The Morgan fingerprint density at radius 1 is 0.209 bits per heavy atom. The lowest BCUT2D eigenvalue weighted by Gasteiger charge is -2.33. The zero-order valence-electron chi connectivity index (χ0n) is 59.2. The number of benzene rings is 14. The van der Waals surface area contributed by atoms with Crippen molar-refractivity contribution in [2.24, 2.45) is 0 Å². The van der Waals surface area contributed by atoms with E-state index in [-0.39, 0.29) is 0 Å². The average Bonchev–Trinajstić information content (AvgIpc) is 1.52. The Hall–Kier alpha value is -14.7. The van der Waals surface area contributed by atoms with Crippen molar-refractivity contribution in [3.05, 3.63) is 415 Å². The van der Waals surface area contributed by atoms with Crippen LogP contribution in [-0.4, -0.2) is 44.9 Å². The largest absolute Gasteiger partial charge is 0.254 e.